The summed E-state index contributed by atoms with van der Waals surface area (Å²) in [6.45, 7) is 11.1. The molecule has 1 fully saturated rings. The Kier molecular flexibility index (Phi) is 3.40. The first-order valence-electron chi connectivity index (χ1n) is 7.64. The summed E-state index contributed by atoms with van der Waals surface area (Å²) >= 11 is 6.17. The van der Waals surface area contributed by atoms with Crippen LogP contribution in [0, 0.1) is 12.3 Å². The van der Waals surface area contributed by atoms with Gasteiger partial charge in [0.15, 0.2) is 0 Å². The van der Waals surface area contributed by atoms with E-state index in [1.807, 2.05) is 19.1 Å². The molecule has 1 saturated carbocycles. The van der Waals surface area contributed by atoms with Crippen molar-refractivity contribution in [2.75, 3.05) is 0 Å². The van der Waals surface area contributed by atoms with Crippen LogP contribution in [0.4, 0.5) is 0 Å². The van der Waals surface area contributed by atoms with E-state index in [-0.39, 0.29) is 5.41 Å². The maximum Gasteiger partial charge on any atom is 0.103 e. The molecule has 112 valence electrons. The van der Waals surface area contributed by atoms with Crippen LogP contribution >= 0.6 is 11.6 Å². The highest BCUT2D eigenvalue weighted by Gasteiger charge is 2.60. The van der Waals surface area contributed by atoms with Gasteiger partial charge in [0.05, 0.1) is 5.69 Å². The van der Waals surface area contributed by atoms with Crippen molar-refractivity contribution in [1.82, 2.24) is 9.97 Å². The van der Waals surface area contributed by atoms with Gasteiger partial charge in [0.2, 0.25) is 0 Å². The minimum Gasteiger partial charge on any atom is -0.346 e. The fraction of sp³-hybridized carbons (Fsp3) is 0.500. The van der Waals surface area contributed by atoms with Crippen LogP contribution in [-0.4, -0.2) is 9.97 Å². The normalized spacial score (nSPS) is 23.6. The predicted molar refractivity (Wildman–Crippen MR) is 88.1 cm³/mol. The standard InChI is InChI=1S/C18H23ClN2/c1-10(2)16-17(21-11(3)20-16)15-14(18(15,4)5)12-7-6-8-13(19)9-12/h6-10,14-15H,1-5H3,(H,20,21)/t14-,15+/m1/s1. The van der Waals surface area contributed by atoms with E-state index in [9.17, 15) is 0 Å². The Hall–Kier alpha value is -1.28. The Balaban J connectivity index is 2.01. The topological polar surface area (TPSA) is 28.7 Å². The summed E-state index contributed by atoms with van der Waals surface area (Å²) < 4.78 is 0. The summed E-state index contributed by atoms with van der Waals surface area (Å²) in [5.41, 5.74) is 4.11. The molecule has 0 saturated heterocycles. The van der Waals surface area contributed by atoms with Crippen LogP contribution in [0.2, 0.25) is 5.02 Å². The first-order chi connectivity index (χ1) is 9.82. The first kappa shape index (κ1) is 14.6. The fourth-order valence-corrected chi connectivity index (χ4v) is 3.90. The monoisotopic (exact) mass is 302 g/mol. The third-order valence-electron chi connectivity index (χ3n) is 4.77. The number of nitrogens with one attached hydrogen (secondary N) is 1. The number of hydrogen-bond acceptors (Lipinski definition) is 1. The molecule has 0 radical (unpaired) electrons. The maximum absolute atomic E-state index is 6.17. The molecule has 0 spiro atoms. The minimum atomic E-state index is 0.243. The van der Waals surface area contributed by atoms with E-state index in [0.29, 0.717) is 17.8 Å². The van der Waals surface area contributed by atoms with E-state index < -0.39 is 0 Å². The lowest BCUT2D eigenvalue weighted by Gasteiger charge is -2.06. The molecule has 0 unspecified atom stereocenters. The second-order valence-corrected chi connectivity index (χ2v) is 7.54. The molecule has 3 heteroatoms. The second-order valence-electron chi connectivity index (χ2n) is 7.11. The molecule has 1 heterocycles. The highest BCUT2D eigenvalue weighted by atomic mass is 35.5. The third-order valence-corrected chi connectivity index (χ3v) is 5.01. The van der Waals surface area contributed by atoms with Crippen molar-refractivity contribution in [2.45, 2.75) is 52.4 Å². The van der Waals surface area contributed by atoms with E-state index >= 15 is 0 Å². The van der Waals surface area contributed by atoms with E-state index in [1.54, 1.807) is 0 Å². The summed E-state index contributed by atoms with van der Waals surface area (Å²) in [6, 6.07) is 8.28. The van der Waals surface area contributed by atoms with Crippen LogP contribution in [0.5, 0.6) is 0 Å². The van der Waals surface area contributed by atoms with E-state index in [0.717, 1.165) is 10.8 Å². The Bertz CT molecular complexity index is 670. The van der Waals surface area contributed by atoms with Gasteiger partial charge in [-0.2, -0.15) is 0 Å². The highest BCUT2D eigenvalue weighted by molar-refractivity contribution is 6.30. The molecule has 0 aliphatic heterocycles. The van der Waals surface area contributed by atoms with Gasteiger partial charge in [-0.3, -0.25) is 0 Å². The summed E-state index contributed by atoms with van der Waals surface area (Å²) in [4.78, 5) is 8.21. The molecule has 1 aliphatic rings. The zero-order chi connectivity index (χ0) is 15.4. The Morgan fingerprint density at radius 3 is 2.57 bits per heavy atom. The first-order valence-corrected chi connectivity index (χ1v) is 8.02. The zero-order valence-corrected chi connectivity index (χ0v) is 14.1. The summed E-state index contributed by atoms with van der Waals surface area (Å²) in [5, 5.41) is 0.818. The lowest BCUT2D eigenvalue weighted by molar-refractivity contribution is 0.595. The van der Waals surface area contributed by atoms with Crippen molar-refractivity contribution in [2.24, 2.45) is 5.41 Å². The number of nitrogens with zero attached hydrogens (tertiary/aromatic N) is 1. The predicted octanol–water partition coefficient (Wildman–Crippen LogP) is 5.40. The molecule has 0 bridgehead atoms. The molecule has 2 aromatic rings. The Labute approximate surface area is 131 Å². The number of rotatable bonds is 3. The quantitative estimate of drug-likeness (QED) is 0.807. The molecule has 1 aromatic carbocycles. The number of H-pyrrole nitrogens is 1. The van der Waals surface area contributed by atoms with Gasteiger partial charge >= 0.3 is 0 Å². The number of hydrogen-bond donors (Lipinski definition) is 1. The van der Waals surface area contributed by atoms with Crippen molar-refractivity contribution >= 4 is 11.6 Å². The lowest BCUT2D eigenvalue weighted by Crippen LogP contribution is -1.97. The number of imidazole rings is 1. The minimum absolute atomic E-state index is 0.243. The smallest absolute Gasteiger partial charge is 0.103 e. The molecule has 1 aliphatic carbocycles. The highest BCUT2D eigenvalue weighted by Crippen LogP contribution is 2.70. The van der Waals surface area contributed by atoms with Gasteiger partial charge in [0.1, 0.15) is 5.82 Å². The van der Waals surface area contributed by atoms with Crippen LogP contribution in [0.1, 0.15) is 68.2 Å². The van der Waals surface area contributed by atoms with Crippen LogP contribution in [-0.2, 0) is 0 Å². The largest absolute Gasteiger partial charge is 0.346 e. The van der Waals surface area contributed by atoms with Crippen molar-refractivity contribution in [3.05, 3.63) is 52.1 Å². The number of aromatic amines is 1. The van der Waals surface area contributed by atoms with Crippen molar-refractivity contribution in [3.8, 4) is 0 Å². The lowest BCUT2D eigenvalue weighted by atomic mass is 10.0. The van der Waals surface area contributed by atoms with E-state index in [2.05, 4.69) is 44.8 Å². The van der Waals surface area contributed by atoms with Crippen LogP contribution in [0.25, 0.3) is 0 Å². The van der Waals surface area contributed by atoms with Gasteiger partial charge in [-0.1, -0.05) is 51.4 Å². The van der Waals surface area contributed by atoms with Gasteiger partial charge < -0.3 is 4.98 Å². The average Bonchev–Trinajstić information content (AvgIpc) is 2.75. The van der Waals surface area contributed by atoms with E-state index in [1.165, 1.54) is 17.0 Å². The van der Waals surface area contributed by atoms with Crippen LogP contribution < -0.4 is 0 Å². The van der Waals surface area contributed by atoms with Crippen LogP contribution in [0.15, 0.2) is 24.3 Å². The zero-order valence-electron chi connectivity index (χ0n) is 13.4. The fourth-order valence-electron chi connectivity index (χ4n) is 3.70. The second kappa shape index (κ2) is 4.88. The third kappa shape index (κ3) is 2.40. The molecule has 2 atom stereocenters. The maximum atomic E-state index is 6.17. The van der Waals surface area contributed by atoms with Crippen molar-refractivity contribution in [3.63, 3.8) is 0 Å². The van der Waals surface area contributed by atoms with Gasteiger partial charge in [-0.15, -0.1) is 0 Å². The summed E-state index contributed by atoms with van der Waals surface area (Å²) in [6.07, 6.45) is 0. The molecular weight excluding hydrogens is 280 g/mol. The molecule has 0 amide bonds. The SMILES string of the molecule is Cc1nc(C(C)C)c([C@@H]2[C@@H](c3cccc(Cl)c3)C2(C)C)[nH]1. The average molecular weight is 303 g/mol. The molecule has 3 rings (SSSR count). The Morgan fingerprint density at radius 2 is 1.95 bits per heavy atom. The number of aromatic nitrogens is 2. The molecule has 1 N–H and O–H groups in total. The van der Waals surface area contributed by atoms with Crippen molar-refractivity contribution in [1.29, 1.82) is 0 Å². The van der Waals surface area contributed by atoms with Gasteiger partial charge in [0, 0.05) is 16.6 Å². The van der Waals surface area contributed by atoms with Crippen LogP contribution in [0.3, 0.4) is 0 Å². The van der Waals surface area contributed by atoms with E-state index in [4.69, 9.17) is 16.6 Å². The molecular formula is C18H23ClN2. The van der Waals surface area contributed by atoms with Gasteiger partial charge in [-0.25, -0.2) is 4.98 Å². The summed E-state index contributed by atoms with van der Waals surface area (Å²) in [7, 11) is 0. The Morgan fingerprint density at radius 1 is 1.24 bits per heavy atom. The summed E-state index contributed by atoms with van der Waals surface area (Å²) in [5.74, 6) is 2.46. The molecule has 2 nitrogen and oxygen atoms in total. The number of halogens is 1. The van der Waals surface area contributed by atoms with Crippen molar-refractivity contribution < 1.29 is 0 Å². The number of aryl methyl sites for hydroxylation is 1. The molecule has 21 heavy (non-hydrogen) atoms. The van der Waals surface area contributed by atoms with Gasteiger partial charge in [-0.05, 0) is 41.9 Å². The van der Waals surface area contributed by atoms with Gasteiger partial charge in [0.25, 0.3) is 0 Å². The molecule has 1 aromatic heterocycles. The number of benzene rings is 1.